The maximum absolute atomic E-state index is 11.6. The van der Waals surface area contributed by atoms with Crippen molar-refractivity contribution in [3.8, 4) is 0 Å². The summed E-state index contributed by atoms with van der Waals surface area (Å²) in [6.07, 6.45) is 1.33. The van der Waals surface area contributed by atoms with Gasteiger partial charge in [0.15, 0.2) is 0 Å². The number of hydrogen-bond donors (Lipinski definition) is 1. The van der Waals surface area contributed by atoms with Crippen molar-refractivity contribution in [2.75, 3.05) is 7.05 Å². The molecule has 92 valence electrons. The molecule has 4 heteroatoms. The molecule has 1 N–H and O–H groups in total. The van der Waals surface area contributed by atoms with Crippen LogP contribution in [0.3, 0.4) is 0 Å². The van der Waals surface area contributed by atoms with Crippen LogP contribution in [0.5, 0.6) is 0 Å². The van der Waals surface area contributed by atoms with Crippen LogP contribution in [-0.2, 0) is 9.59 Å². The molecule has 0 aromatic rings. The van der Waals surface area contributed by atoms with Gasteiger partial charge in [-0.2, -0.15) is 0 Å². The molecule has 1 aliphatic rings. The van der Waals surface area contributed by atoms with E-state index in [4.69, 9.17) is 5.11 Å². The average Bonchev–Trinajstić information content (AvgIpc) is 2.30. The molecular formula is C12H21NO3. The zero-order valence-electron chi connectivity index (χ0n) is 10.5. The van der Waals surface area contributed by atoms with Crippen molar-refractivity contribution in [3.05, 3.63) is 0 Å². The van der Waals surface area contributed by atoms with E-state index in [0.29, 0.717) is 6.42 Å². The standard InChI is InChI=1S/C12H21NO3/c1-12(2,3)7-9-8(6-11(15)16)5-10(14)13(9)4/h8-9H,5-7H2,1-4H3,(H,15,16)/t8-,9-/m1/s1. The summed E-state index contributed by atoms with van der Waals surface area (Å²) in [7, 11) is 1.78. The molecule has 0 aromatic carbocycles. The van der Waals surface area contributed by atoms with Crippen molar-refractivity contribution >= 4 is 11.9 Å². The molecule has 0 unspecified atom stereocenters. The average molecular weight is 227 g/mol. The van der Waals surface area contributed by atoms with Crippen LogP contribution in [0, 0.1) is 11.3 Å². The number of rotatable bonds is 3. The fraction of sp³-hybridized carbons (Fsp3) is 0.833. The Hall–Kier alpha value is -1.06. The highest BCUT2D eigenvalue weighted by Gasteiger charge is 2.40. The van der Waals surface area contributed by atoms with Crippen molar-refractivity contribution in [1.82, 2.24) is 4.90 Å². The SMILES string of the molecule is CN1C(=O)C[C@H](CC(=O)O)[C@H]1CC(C)(C)C. The number of carboxylic acids is 1. The Bertz CT molecular complexity index is 291. The van der Waals surface area contributed by atoms with Gasteiger partial charge in [0.05, 0.1) is 6.42 Å². The second-order valence-electron chi connectivity index (χ2n) is 5.90. The van der Waals surface area contributed by atoms with Crippen LogP contribution >= 0.6 is 0 Å². The quantitative estimate of drug-likeness (QED) is 0.799. The van der Waals surface area contributed by atoms with Crippen LogP contribution < -0.4 is 0 Å². The van der Waals surface area contributed by atoms with E-state index in [1.165, 1.54) is 0 Å². The van der Waals surface area contributed by atoms with E-state index in [-0.39, 0.29) is 29.7 Å². The van der Waals surface area contributed by atoms with Crippen LogP contribution in [0.4, 0.5) is 0 Å². The molecule has 1 heterocycles. The molecule has 1 amide bonds. The van der Waals surface area contributed by atoms with Gasteiger partial charge in [-0.3, -0.25) is 9.59 Å². The molecule has 1 fully saturated rings. The van der Waals surface area contributed by atoms with E-state index in [1.54, 1.807) is 11.9 Å². The number of nitrogens with zero attached hydrogens (tertiary/aromatic N) is 1. The summed E-state index contributed by atoms with van der Waals surface area (Å²) in [5.74, 6) is -0.776. The van der Waals surface area contributed by atoms with Crippen LogP contribution in [0.1, 0.15) is 40.0 Å². The summed E-state index contributed by atoms with van der Waals surface area (Å²) in [6, 6.07) is 0.0728. The first-order valence-corrected chi connectivity index (χ1v) is 5.68. The number of carbonyl (C=O) groups is 2. The zero-order valence-corrected chi connectivity index (χ0v) is 10.5. The number of aliphatic carboxylic acids is 1. The lowest BCUT2D eigenvalue weighted by Gasteiger charge is -2.30. The number of hydrogen-bond acceptors (Lipinski definition) is 2. The summed E-state index contributed by atoms with van der Waals surface area (Å²) >= 11 is 0. The molecule has 0 bridgehead atoms. The van der Waals surface area contributed by atoms with Gasteiger partial charge in [-0.25, -0.2) is 0 Å². The second-order valence-corrected chi connectivity index (χ2v) is 5.90. The van der Waals surface area contributed by atoms with Gasteiger partial charge in [-0.15, -0.1) is 0 Å². The van der Waals surface area contributed by atoms with E-state index in [2.05, 4.69) is 20.8 Å². The Balaban J connectivity index is 2.75. The van der Waals surface area contributed by atoms with Crippen LogP contribution in [-0.4, -0.2) is 35.0 Å². The third-order valence-electron chi connectivity index (χ3n) is 3.13. The van der Waals surface area contributed by atoms with Gasteiger partial charge < -0.3 is 10.0 Å². The second kappa shape index (κ2) is 4.44. The molecule has 0 aromatic heterocycles. The Labute approximate surface area is 96.6 Å². The number of likely N-dealkylation sites (tertiary alicyclic amines) is 1. The molecule has 0 radical (unpaired) electrons. The number of carboxylic acid groups (broad SMARTS) is 1. The third-order valence-corrected chi connectivity index (χ3v) is 3.13. The van der Waals surface area contributed by atoms with Crippen molar-refractivity contribution in [2.24, 2.45) is 11.3 Å². The Morgan fingerprint density at radius 3 is 2.50 bits per heavy atom. The first-order chi connectivity index (χ1) is 7.20. The highest BCUT2D eigenvalue weighted by molar-refractivity contribution is 5.80. The minimum absolute atomic E-state index is 0.0331. The van der Waals surface area contributed by atoms with E-state index in [1.807, 2.05) is 0 Å². The van der Waals surface area contributed by atoms with Crippen LogP contribution in [0.15, 0.2) is 0 Å². The molecule has 1 aliphatic heterocycles. The van der Waals surface area contributed by atoms with E-state index in [0.717, 1.165) is 6.42 Å². The van der Waals surface area contributed by atoms with Crippen molar-refractivity contribution in [3.63, 3.8) is 0 Å². The van der Waals surface area contributed by atoms with Gasteiger partial charge in [-0.05, 0) is 17.8 Å². The summed E-state index contributed by atoms with van der Waals surface area (Å²) < 4.78 is 0. The molecule has 2 atom stereocenters. The van der Waals surface area contributed by atoms with Crippen molar-refractivity contribution < 1.29 is 14.7 Å². The largest absolute Gasteiger partial charge is 0.481 e. The highest BCUT2D eigenvalue weighted by Crippen LogP contribution is 2.35. The molecule has 1 rings (SSSR count). The first-order valence-electron chi connectivity index (χ1n) is 5.68. The third kappa shape index (κ3) is 3.22. The molecule has 0 spiro atoms. The number of amides is 1. The minimum atomic E-state index is -0.813. The molecular weight excluding hydrogens is 206 g/mol. The minimum Gasteiger partial charge on any atom is -0.481 e. The maximum Gasteiger partial charge on any atom is 0.303 e. The first kappa shape index (κ1) is 13.0. The molecule has 16 heavy (non-hydrogen) atoms. The lowest BCUT2D eigenvalue weighted by molar-refractivity contribution is -0.138. The predicted molar refractivity (Wildman–Crippen MR) is 61.0 cm³/mol. The van der Waals surface area contributed by atoms with Gasteiger partial charge in [0.25, 0.3) is 0 Å². The molecule has 1 saturated heterocycles. The lowest BCUT2D eigenvalue weighted by Crippen LogP contribution is -2.35. The summed E-state index contributed by atoms with van der Waals surface area (Å²) in [6.45, 7) is 6.34. The maximum atomic E-state index is 11.6. The van der Waals surface area contributed by atoms with E-state index < -0.39 is 5.97 Å². The van der Waals surface area contributed by atoms with Gasteiger partial charge in [0.1, 0.15) is 0 Å². The van der Waals surface area contributed by atoms with E-state index >= 15 is 0 Å². The Kier molecular flexibility index (Phi) is 3.61. The van der Waals surface area contributed by atoms with Crippen LogP contribution in [0.2, 0.25) is 0 Å². The Morgan fingerprint density at radius 1 is 1.50 bits per heavy atom. The fourth-order valence-electron chi connectivity index (χ4n) is 2.37. The van der Waals surface area contributed by atoms with E-state index in [9.17, 15) is 9.59 Å². The van der Waals surface area contributed by atoms with Gasteiger partial charge >= 0.3 is 5.97 Å². The van der Waals surface area contributed by atoms with Gasteiger partial charge in [-0.1, -0.05) is 20.8 Å². The summed E-state index contributed by atoms with van der Waals surface area (Å²) in [5, 5.41) is 8.83. The number of carbonyl (C=O) groups excluding carboxylic acids is 1. The molecule has 0 saturated carbocycles. The smallest absolute Gasteiger partial charge is 0.303 e. The van der Waals surface area contributed by atoms with Gasteiger partial charge in [0.2, 0.25) is 5.91 Å². The molecule has 4 nitrogen and oxygen atoms in total. The molecule has 0 aliphatic carbocycles. The predicted octanol–water partition coefficient (Wildman–Crippen LogP) is 1.74. The normalized spacial score (nSPS) is 26.2. The monoisotopic (exact) mass is 227 g/mol. The van der Waals surface area contributed by atoms with Gasteiger partial charge in [0, 0.05) is 19.5 Å². The topological polar surface area (TPSA) is 57.6 Å². The lowest BCUT2D eigenvalue weighted by atomic mass is 9.82. The van der Waals surface area contributed by atoms with Crippen molar-refractivity contribution in [2.45, 2.75) is 46.1 Å². The van der Waals surface area contributed by atoms with Crippen molar-refractivity contribution in [1.29, 1.82) is 0 Å². The Morgan fingerprint density at radius 2 is 2.06 bits per heavy atom. The highest BCUT2D eigenvalue weighted by atomic mass is 16.4. The summed E-state index contributed by atoms with van der Waals surface area (Å²) in [5.41, 5.74) is 0.111. The summed E-state index contributed by atoms with van der Waals surface area (Å²) in [4.78, 5) is 24.1. The fourth-order valence-corrected chi connectivity index (χ4v) is 2.37. The van der Waals surface area contributed by atoms with Crippen LogP contribution in [0.25, 0.3) is 0 Å². The zero-order chi connectivity index (χ0) is 12.5.